The summed E-state index contributed by atoms with van der Waals surface area (Å²) in [5, 5.41) is 3.21. The number of nitrogens with zero attached hydrogens (tertiary/aromatic N) is 3. The molecule has 0 spiro atoms. The Kier molecular flexibility index (Phi) is 4.53. The van der Waals surface area contributed by atoms with Crippen molar-refractivity contribution in [3.05, 3.63) is 48.5 Å². The van der Waals surface area contributed by atoms with Gasteiger partial charge in [0.1, 0.15) is 5.82 Å². The number of sulfonamides is 1. The van der Waals surface area contributed by atoms with Gasteiger partial charge in [0.15, 0.2) is 0 Å². The number of hydrogen-bond donors (Lipinski definition) is 1. The molecule has 6 nitrogen and oxygen atoms in total. The van der Waals surface area contributed by atoms with E-state index in [1.54, 1.807) is 18.5 Å². The Labute approximate surface area is 134 Å². The Bertz CT molecular complexity index is 745. The van der Waals surface area contributed by atoms with Gasteiger partial charge < -0.3 is 5.32 Å². The first-order chi connectivity index (χ1) is 11.1. The van der Waals surface area contributed by atoms with Crippen molar-refractivity contribution in [2.75, 3.05) is 18.4 Å². The van der Waals surface area contributed by atoms with Gasteiger partial charge in [-0.15, -0.1) is 0 Å². The molecular formula is C15H17FN4O2S. The molecule has 0 saturated carbocycles. The number of halogens is 1. The number of piperidine rings is 1. The van der Waals surface area contributed by atoms with E-state index >= 15 is 0 Å². The zero-order chi connectivity index (χ0) is 16.3. The molecule has 3 rings (SSSR count). The molecule has 1 aliphatic heterocycles. The molecule has 1 saturated heterocycles. The predicted molar refractivity (Wildman–Crippen MR) is 83.8 cm³/mol. The molecule has 0 bridgehead atoms. The summed E-state index contributed by atoms with van der Waals surface area (Å²) in [7, 11) is -3.57. The van der Waals surface area contributed by atoms with Gasteiger partial charge in [-0.2, -0.15) is 4.31 Å². The van der Waals surface area contributed by atoms with Gasteiger partial charge in [0.25, 0.3) is 0 Å². The van der Waals surface area contributed by atoms with Crippen molar-refractivity contribution in [1.29, 1.82) is 0 Å². The summed E-state index contributed by atoms with van der Waals surface area (Å²) in [5.74, 6) is 0.0991. The third-order valence-electron chi connectivity index (χ3n) is 3.80. The second-order valence-corrected chi connectivity index (χ2v) is 7.29. The van der Waals surface area contributed by atoms with Gasteiger partial charge in [-0.3, -0.25) is 0 Å². The first-order valence-electron chi connectivity index (χ1n) is 7.35. The number of nitrogens with one attached hydrogen (secondary N) is 1. The summed E-state index contributed by atoms with van der Waals surface area (Å²) in [4.78, 5) is 8.34. The van der Waals surface area contributed by atoms with Crippen molar-refractivity contribution in [2.24, 2.45) is 0 Å². The average Bonchev–Trinajstić information content (AvgIpc) is 2.57. The highest BCUT2D eigenvalue weighted by atomic mass is 32.2. The molecule has 0 atom stereocenters. The minimum absolute atomic E-state index is 0.122. The fourth-order valence-electron chi connectivity index (χ4n) is 2.55. The van der Waals surface area contributed by atoms with Crippen LogP contribution in [0.25, 0.3) is 0 Å². The molecule has 0 amide bonds. The highest BCUT2D eigenvalue weighted by molar-refractivity contribution is 7.89. The van der Waals surface area contributed by atoms with Gasteiger partial charge in [0.2, 0.25) is 16.0 Å². The molecule has 0 radical (unpaired) electrons. The molecule has 0 unspecified atom stereocenters. The maximum Gasteiger partial charge on any atom is 0.243 e. The minimum Gasteiger partial charge on any atom is -0.351 e. The molecule has 1 fully saturated rings. The van der Waals surface area contributed by atoms with Crippen LogP contribution in [-0.4, -0.2) is 41.8 Å². The number of aromatic nitrogens is 2. The second-order valence-electron chi connectivity index (χ2n) is 5.35. The lowest BCUT2D eigenvalue weighted by Crippen LogP contribution is -2.42. The molecule has 23 heavy (non-hydrogen) atoms. The van der Waals surface area contributed by atoms with Crippen LogP contribution in [0.3, 0.4) is 0 Å². The number of benzene rings is 1. The lowest BCUT2D eigenvalue weighted by Gasteiger charge is -2.31. The van der Waals surface area contributed by atoms with E-state index in [1.165, 1.54) is 16.4 Å². The Morgan fingerprint density at radius 3 is 2.30 bits per heavy atom. The lowest BCUT2D eigenvalue weighted by molar-refractivity contribution is 0.329. The topological polar surface area (TPSA) is 75.2 Å². The van der Waals surface area contributed by atoms with Crippen LogP contribution >= 0.6 is 0 Å². The van der Waals surface area contributed by atoms with Crippen LogP contribution in [0.4, 0.5) is 10.3 Å². The van der Waals surface area contributed by atoms with Crippen molar-refractivity contribution in [3.8, 4) is 0 Å². The SMILES string of the molecule is O=S(=O)(c1ccc(F)cc1)N1CCC(Nc2ncccn2)CC1. The fraction of sp³-hybridized carbons (Fsp3) is 0.333. The number of anilines is 1. The third-order valence-corrected chi connectivity index (χ3v) is 5.72. The third kappa shape index (κ3) is 3.65. The van der Waals surface area contributed by atoms with E-state index < -0.39 is 15.8 Å². The van der Waals surface area contributed by atoms with E-state index in [0.29, 0.717) is 31.9 Å². The van der Waals surface area contributed by atoms with Gasteiger partial charge in [-0.1, -0.05) is 0 Å². The first kappa shape index (κ1) is 15.8. The zero-order valence-electron chi connectivity index (χ0n) is 12.4. The van der Waals surface area contributed by atoms with E-state index in [0.717, 1.165) is 12.1 Å². The Morgan fingerprint density at radius 1 is 1.09 bits per heavy atom. The summed E-state index contributed by atoms with van der Waals surface area (Å²) in [6, 6.07) is 6.79. The van der Waals surface area contributed by atoms with Crippen LogP contribution in [0.2, 0.25) is 0 Å². The molecular weight excluding hydrogens is 319 g/mol. The highest BCUT2D eigenvalue weighted by Crippen LogP contribution is 2.22. The molecule has 8 heteroatoms. The molecule has 1 N–H and O–H groups in total. The van der Waals surface area contributed by atoms with E-state index in [9.17, 15) is 12.8 Å². The lowest BCUT2D eigenvalue weighted by atomic mass is 10.1. The van der Waals surface area contributed by atoms with E-state index in [1.807, 2.05) is 0 Å². The van der Waals surface area contributed by atoms with Crippen molar-refractivity contribution in [2.45, 2.75) is 23.8 Å². The highest BCUT2D eigenvalue weighted by Gasteiger charge is 2.29. The first-order valence-corrected chi connectivity index (χ1v) is 8.79. The average molecular weight is 336 g/mol. The normalized spacial score (nSPS) is 17.1. The van der Waals surface area contributed by atoms with E-state index in [2.05, 4.69) is 15.3 Å². The second kappa shape index (κ2) is 6.59. The molecule has 122 valence electrons. The number of rotatable bonds is 4. The molecule has 1 aliphatic rings. The van der Waals surface area contributed by atoms with Gasteiger partial charge in [-0.05, 0) is 43.2 Å². The minimum atomic E-state index is -3.57. The quantitative estimate of drug-likeness (QED) is 0.923. The monoisotopic (exact) mass is 336 g/mol. The summed E-state index contributed by atoms with van der Waals surface area (Å²) in [6.07, 6.45) is 4.64. The smallest absolute Gasteiger partial charge is 0.243 e. The van der Waals surface area contributed by atoms with Crippen LogP contribution in [0, 0.1) is 5.82 Å². The van der Waals surface area contributed by atoms with E-state index in [4.69, 9.17) is 0 Å². The van der Waals surface area contributed by atoms with Crippen molar-refractivity contribution in [1.82, 2.24) is 14.3 Å². The van der Waals surface area contributed by atoms with E-state index in [-0.39, 0.29) is 10.9 Å². The molecule has 1 aromatic heterocycles. The standard InChI is InChI=1S/C15H17FN4O2S/c16-12-2-4-14(5-3-12)23(21,22)20-10-6-13(7-11-20)19-15-17-8-1-9-18-15/h1-5,8-9,13H,6-7,10-11H2,(H,17,18,19). The molecule has 1 aromatic carbocycles. The van der Waals surface area contributed by atoms with Crippen LogP contribution < -0.4 is 5.32 Å². The molecule has 2 heterocycles. The van der Waals surface area contributed by atoms with Gasteiger partial charge in [0.05, 0.1) is 4.90 Å². The summed E-state index contributed by atoms with van der Waals surface area (Å²) in [6.45, 7) is 0.814. The largest absolute Gasteiger partial charge is 0.351 e. The van der Waals surface area contributed by atoms with Crippen molar-refractivity contribution >= 4 is 16.0 Å². The molecule has 2 aromatic rings. The summed E-state index contributed by atoms with van der Waals surface area (Å²) in [5.41, 5.74) is 0. The van der Waals surface area contributed by atoms with Gasteiger partial charge in [-0.25, -0.2) is 22.8 Å². The maximum atomic E-state index is 12.9. The summed E-state index contributed by atoms with van der Waals surface area (Å²) < 4.78 is 39.4. The van der Waals surface area contributed by atoms with Crippen molar-refractivity contribution < 1.29 is 12.8 Å². The van der Waals surface area contributed by atoms with Crippen molar-refractivity contribution in [3.63, 3.8) is 0 Å². The Hall–Kier alpha value is -2.06. The van der Waals surface area contributed by atoms with Gasteiger partial charge >= 0.3 is 0 Å². The van der Waals surface area contributed by atoms with Crippen LogP contribution in [0.1, 0.15) is 12.8 Å². The fourth-order valence-corrected chi connectivity index (χ4v) is 4.02. The van der Waals surface area contributed by atoms with Crippen LogP contribution in [-0.2, 0) is 10.0 Å². The summed E-state index contributed by atoms with van der Waals surface area (Å²) >= 11 is 0. The Morgan fingerprint density at radius 2 is 1.70 bits per heavy atom. The molecule has 0 aliphatic carbocycles. The van der Waals surface area contributed by atoms with Crippen LogP contribution in [0.5, 0.6) is 0 Å². The maximum absolute atomic E-state index is 12.9. The van der Waals surface area contributed by atoms with Gasteiger partial charge in [0, 0.05) is 31.5 Å². The predicted octanol–water partition coefficient (Wildman–Crippen LogP) is 1.88. The Balaban J connectivity index is 1.63. The number of hydrogen-bond acceptors (Lipinski definition) is 5. The van der Waals surface area contributed by atoms with Crippen LogP contribution in [0.15, 0.2) is 47.6 Å². The zero-order valence-corrected chi connectivity index (χ0v) is 13.2.